The van der Waals surface area contributed by atoms with Crippen LogP contribution >= 0.6 is 0 Å². The van der Waals surface area contributed by atoms with Crippen LogP contribution in [0.4, 0.5) is 5.69 Å². The highest BCUT2D eigenvalue weighted by Crippen LogP contribution is 2.38. The van der Waals surface area contributed by atoms with Crippen molar-refractivity contribution in [2.24, 2.45) is 4.99 Å². The lowest BCUT2D eigenvalue weighted by molar-refractivity contribution is -0.128. The number of carbonyl (C=O) groups excluding carboxylic acids is 2. The largest absolute Gasteiger partial charge is 0.352 e. The molecule has 0 bridgehead atoms. The molecule has 7 nitrogen and oxygen atoms in total. The van der Waals surface area contributed by atoms with Crippen molar-refractivity contribution < 1.29 is 9.59 Å². The normalized spacial score (nSPS) is 18.6. The first-order valence-electron chi connectivity index (χ1n) is 10.6. The third kappa shape index (κ3) is 5.20. The first-order valence-corrected chi connectivity index (χ1v) is 10.6. The van der Waals surface area contributed by atoms with Gasteiger partial charge >= 0.3 is 0 Å². The van der Waals surface area contributed by atoms with E-state index in [2.05, 4.69) is 40.0 Å². The number of hydrogen-bond acceptors (Lipinski definition) is 3. The molecule has 2 aliphatic rings. The van der Waals surface area contributed by atoms with E-state index in [-0.39, 0.29) is 18.4 Å². The van der Waals surface area contributed by atoms with Gasteiger partial charge in [-0.3, -0.25) is 9.59 Å². The number of guanidine groups is 1. The van der Waals surface area contributed by atoms with E-state index in [0.29, 0.717) is 24.8 Å². The second-order valence-corrected chi connectivity index (χ2v) is 8.38. The summed E-state index contributed by atoms with van der Waals surface area (Å²) in [4.78, 5) is 34.4. The molecule has 1 unspecified atom stereocenters. The number of nitrogens with zero attached hydrogens (tertiary/aromatic N) is 4. The van der Waals surface area contributed by atoms with Crippen molar-refractivity contribution >= 4 is 23.5 Å². The van der Waals surface area contributed by atoms with E-state index in [1.165, 1.54) is 5.56 Å². The Bertz CT molecular complexity index is 833. The standard InChI is InChI=1S/C23H33N5O2/c1-17(2)14-24-23(25-15-22(30)26(3)4)28-16-18(19-8-5-6-9-20(19)28)11-13-27-12-7-10-21(27)29/h5-6,8-9,18H,1,7,10-16H2,2-4H3,(H,24,25). The summed E-state index contributed by atoms with van der Waals surface area (Å²) in [7, 11) is 3.47. The zero-order valence-electron chi connectivity index (χ0n) is 18.4. The summed E-state index contributed by atoms with van der Waals surface area (Å²) in [6.45, 7) is 9.06. The maximum atomic E-state index is 12.1. The van der Waals surface area contributed by atoms with Crippen LogP contribution in [0, 0.1) is 0 Å². The molecule has 30 heavy (non-hydrogen) atoms. The smallest absolute Gasteiger partial charge is 0.243 e. The number of aliphatic imine (C=N–C) groups is 1. The molecule has 2 aliphatic heterocycles. The molecule has 1 atom stereocenters. The van der Waals surface area contributed by atoms with E-state index in [4.69, 9.17) is 0 Å². The minimum absolute atomic E-state index is 0.0406. The molecule has 3 rings (SSSR count). The maximum Gasteiger partial charge on any atom is 0.243 e. The minimum Gasteiger partial charge on any atom is -0.352 e. The predicted molar refractivity (Wildman–Crippen MR) is 121 cm³/mol. The molecule has 0 aromatic heterocycles. The van der Waals surface area contributed by atoms with Crippen molar-refractivity contribution in [3.8, 4) is 0 Å². The lowest BCUT2D eigenvalue weighted by Gasteiger charge is -2.24. The van der Waals surface area contributed by atoms with Crippen molar-refractivity contribution in [2.45, 2.75) is 32.1 Å². The van der Waals surface area contributed by atoms with E-state index < -0.39 is 0 Å². The molecule has 1 N–H and O–H groups in total. The average Bonchev–Trinajstić information content (AvgIpc) is 3.29. The number of para-hydroxylation sites is 1. The summed E-state index contributed by atoms with van der Waals surface area (Å²) in [5, 5.41) is 3.36. The fourth-order valence-corrected chi connectivity index (χ4v) is 3.95. The molecule has 0 saturated carbocycles. The fourth-order valence-electron chi connectivity index (χ4n) is 3.95. The number of hydrogen-bond donors (Lipinski definition) is 1. The van der Waals surface area contributed by atoms with Crippen LogP contribution in [-0.2, 0) is 9.59 Å². The Morgan fingerprint density at radius 1 is 1.33 bits per heavy atom. The van der Waals surface area contributed by atoms with Crippen LogP contribution in [-0.4, -0.2) is 74.4 Å². The summed E-state index contributed by atoms with van der Waals surface area (Å²) < 4.78 is 0. The topological polar surface area (TPSA) is 68.2 Å². The van der Waals surface area contributed by atoms with Crippen LogP contribution in [0.25, 0.3) is 0 Å². The molecular weight excluding hydrogens is 378 g/mol. The Morgan fingerprint density at radius 2 is 2.10 bits per heavy atom. The first-order chi connectivity index (χ1) is 14.4. The van der Waals surface area contributed by atoms with Gasteiger partial charge in [-0.25, -0.2) is 4.99 Å². The zero-order chi connectivity index (χ0) is 21.7. The monoisotopic (exact) mass is 411 g/mol. The molecule has 2 amide bonds. The Labute approximate surface area is 179 Å². The third-order valence-corrected chi connectivity index (χ3v) is 5.66. The molecule has 1 saturated heterocycles. The first kappa shape index (κ1) is 21.9. The number of benzene rings is 1. The molecule has 0 radical (unpaired) electrons. The number of fused-ring (bicyclic) bond motifs is 1. The lowest BCUT2D eigenvalue weighted by atomic mass is 9.98. The molecule has 0 aliphatic carbocycles. The zero-order valence-corrected chi connectivity index (χ0v) is 18.4. The van der Waals surface area contributed by atoms with E-state index >= 15 is 0 Å². The van der Waals surface area contributed by atoms with Gasteiger partial charge in [-0.05, 0) is 31.4 Å². The number of nitrogens with one attached hydrogen (secondary N) is 1. The summed E-state index contributed by atoms with van der Waals surface area (Å²) >= 11 is 0. The Balaban J connectivity index is 1.78. The van der Waals surface area contributed by atoms with Gasteiger partial charge < -0.3 is 20.0 Å². The Hall–Kier alpha value is -2.83. The average molecular weight is 412 g/mol. The number of anilines is 1. The Kier molecular flexibility index (Phi) is 7.13. The van der Waals surface area contributed by atoms with Gasteiger partial charge in [0.1, 0.15) is 6.54 Å². The molecule has 1 aromatic rings. The van der Waals surface area contributed by atoms with E-state index in [1.54, 1.807) is 19.0 Å². The highest BCUT2D eigenvalue weighted by molar-refractivity contribution is 5.99. The summed E-state index contributed by atoms with van der Waals surface area (Å²) in [5.74, 6) is 1.24. The number of likely N-dealkylation sites (tertiary alicyclic amines) is 1. The van der Waals surface area contributed by atoms with E-state index in [0.717, 1.165) is 43.7 Å². The van der Waals surface area contributed by atoms with Gasteiger partial charge in [-0.1, -0.05) is 30.4 Å². The summed E-state index contributed by atoms with van der Waals surface area (Å²) in [5.41, 5.74) is 3.38. The van der Waals surface area contributed by atoms with Gasteiger partial charge in [0.05, 0.1) is 0 Å². The highest BCUT2D eigenvalue weighted by atomic mass is 16.2. The van der Waals surface area contributed by atoms with Crippen molar-refractivity contribution in [3.63, 3.8) is 0 Å². The number of carbonyl (C=O) groups is 2. The van der Waals surface area contributed by atoms with Crippen LogP contribution in [0.15, 0.2) is 41.4 Å². The van der Waals surface area contributed by atoms with E-state index in [1.807, 2.05) is 17.9 Å². The van der Waals surface area contributed by atoms with Gasteiger partial charge in [0, 0.05) is 58.3 Å². The van der Waals surface area contributed by atoms with Crippen molar-refractivity contribution in [2.75, 3.05) is 51.7 Å². The summed E-state index contributed by atoms with van der Waals surface area (Å²) in [6, 6.07) is 8.35. The third-order valence-electron chi connectivity index (χ3n) is 5.66. The Morgan fingerprint density at radius 3 is 2.77 bits per heavy atom. The van der Waals surface area contributed by atoms with Gasteiger partial charge in [-0.15, -0.1) is 0 Å². The van der Waals surface area contributed by atoms with Crippen LogP contribution in [0.5, 0.6) is 0 Å². The highest BCUT2D eigenvalue weighted by Gasteiger charge is 2.32. The SMILES string of the molecule is C=C(C)CNC(=NCC(=O)N(C)C)N1CC(CCN2CCCC2=O)c2ccccc21. The number of amides is 2. The predicted octanol–water partition coefficient (Wildman–Crippen LogP) is 2.21. The molecule has 7 heteroatoms. The second kappa shape index (κ2) is 9.78. The van der Waals surface area contributed by atoms with Gasteiger partial charge in [0.2, 0.25) is 11.8 Å². The van der Waals surface area contributed by atoms with Crippen molar-refractivity contribution in [1.29, 1.82) is 0 Å². The van der Waals surface area contributed by atoms with Crippen LogP contribution in [0.1, 0.15) is 37.7 Å². The van der Waals surface area contributed by atoms with Crippen molar-refractivity contribution in [3.05, 3.63) is 42.0 Å². The molecule has 1 aromatic carbocycles. The quantitative estimate of drug-likeness (QED) is 0.424. The molecule has 1 fully saturated rings. The number of rotatable bonds is 7. The van der Waals surface area contributed by atoms with Gasteiger partial charge in [0.25, 0.3) is 0 Å². The number of likely N-dealkylation sites (N-methyl/N-ethyl adjacent to an activating group) is 1. The minimum atomic E-state index is -0.0406. The van der Waals surface area contributed by atoms with Gasteiger partial charge in [0.15, 0.2) is 5.96 Å². The van der Waals surface area contributed by atoms with Crippen molar-refractivity contribution in [1.82, 2.24) is 15.1 Å². The van der Waals surface area contributed by atoms with Gasteiger partial charge in [-0.2, -0.15) is 0 Å². The molecule has 0 spiro atoms. The van der Waals surface area contributed by atoms with E-state index in [9.17, 15) is 9.59 Å². The van der Waals surface area contributed by atoms with Crippen LogP contribution in [0.2, 0.25) is 0 Å². The summed E-state index contributed by atoms with van der Waals surface area (Å²) in [6.07, 6.45) is 2.56. The fraction of sp³-hybridized carbons (Fsp3) is 0.522. The molecule has 2 heterocycles. The molecule has 162 valence electrons. The molecular formula is C23H33N5O2. The second-order valence-electron chi connectivity index (χ2n) is 8.38. The van der Waals surface area contributed by atoms with Crippen LogP contribution < -0.4 is 10.2 Å². The lowest BCUT2D eigenvalue weighted by Crippen LogP contribution is -2.42. The maximum absolute atomic E-state index is 12.1. The van der Waals surface area contributed by atoms with Crippen LogP contribution in [0.3, 0.4) is 0 Å².